The van der Waals surface area contributed by atoms with E-state index < -0.39 is 0 Å². The summed E-state index contributed by atoms with van der Waals surface area (Å²) in [5.41, 5.74) is 0.964. The van der Waals surface area contributed by atoms with E-state index in [2.05, 4.69) is 17.3 Å². The molecule has 1 heterocycles. The van der Waals surface area contributed by atoms with Crippen molar-refractivity contribution in [3.8, 4) is 0 Å². The molecule has 0 aromatic heterocycles. The van der Waals surface area contributed by atoms with Gasteiger partial charge in [0.1, 0.15) is 0 Å². The first-order valence-electron chi connectivity index (χ1n) is 5.34. The maximum Gasteiger partial charge on any atom is 0.271 e. The van der Waals surface area contributed by atoms with Gasteiger partial charge in [-0.1, -0.05) is 6.07 Å². The first kappa shape index (κ1) is 10.9. The molecule has 86 valence electrons. The summed E-state index contributed by atoms with van der Waals surface area (Å²) in [6, 6.07) is 7.06. The van der Waals surface area contributed by atoms with Gasteiger partial charge >= 0.3 is 0 Å². The summed E-state index contributed by atoms with van der Waals surface area (Å²) in [7, 11) is 2.08. The molecule has 0 bridgehead atoms. The van der Waals surface area contributed by atoms with Crippen molar-refractivity contribution in [2.24, 2.45) is 0 Å². The molecule has 1 fully saturated rings. The number of rotatable bonds is 3. The second kappa shape index (κ2) is 4.49. The van der Waals surface area contributed by atoms with E-state index in [4.69, 9.17) is 0 Å². The van der Waals surface area contributed by atoms with Gasteiger partial charge in [0.05, 0.1) is 4.92 Å². The molecule has 0 saturated carbocycles. The highest BCUT2D eigenvalue weighted by Crippen LogP contribution is 2.19. The van der Waals surface area contributed by atoms with Crippen LogP contribution in [0.25, 0.3) is 0 Å². The van der Waals surface area contributed by atoms with Crippen LogP contribution in [0.4, 0.5) is 11.4 Å². The SMILES string of the molecule is CN1CCC(Nc2cccc([N+](=O)[O-])c2)C1. The Morgan fingerprint density at radius 1 is 1.56 bits per heavy atom. The van der Waals surface area contributed by atoms with E-state index in [1.165, 1.54) is 6.07 Å². The molecule has 0 amide bonds. The summed E-state index contributed by atoms with van der Waals surface area (Å²) in [4.78, 5) is 12.5. The molecular formula is C11H15N3O2. The fourth-order valence-electron chi connectivity index (χ4n) is 2.00. The van der Waals surface area contributed by atoms with Crippen LogP contribution in [0.1, 0.15) is 6.42 Å². The summed E-state index contributed by atoms with van der Waals surface area (Å²) in [6.45, 7) is 2.06. The van der Waals surface area contributed by atoms with E-state index in [0.717, 1.165) is 25.2 Å². The van der Waals surface area contributed by atoms with Crippen molar-refractivity contribution in [1.29, 1.82) is 0 Å². The highest BCUT2D eigenvalue weighted by molar-refractivity contribution is 5.51. The lowest BCUT2D eigenvalue weighted by atomic mass is 10.2. The normalized spacial score (nSPS) is 20.9. The highest BCUT2D eigenvalue weighted by Gasteiger charge is 2.19. The lowest BCUT2D eigenvalue weighted by Crippen LogP contribution is -2.23. The van der Waals surface area contributed by atoms with Gasteiger partial charge in [0.25, 0.3) is 5.69 Å². The van der Waals surface area contributed by atoms with Gasteiger partial charge in [-0.3, -0.25) is 10.1 Å². The van der Waals surface area contributed by atoms with Crippen molar-refractivity contribution in [2.75, 3.05) is 25.5 Å². The second-order valence-corrected chi connectivity index (χ2v) is 4.20. The Hall–Kier alpha value is -1.62. The Morgan fingerprint density at radius 3 is 3.00 bits per heavy atom. The highest BCUT2D eigenvalue weighted by atomic mass is 16.6. The van der Waals surface area contributed by atoms with Crippen LogP contribution in [0.15, 0.2) is 24.3 Å². The van der Waals surface area contributed by atoms with Gasteiger partial charge in [-0.25, -0.2) is 0 Å². The molecule has 1 aromatic carbocycles. The smallest absolute Gasteiger partial charge is 0.271 e. The first-order chi connectivity index (χ1) is 7.65. The number of anilines is 1. The van der Waals surface area contributed by atoms with Crippen molar-refractivity contribution in [1.82, 2.24) is 4.90 Å². The molecule has 5 nitrogen and oxygen atoms in total. The summed E-state index contributed by atoms with van der Waals surface area (Å²) in [6.07, 6.45) is 1.08. The average Bonchev–Trinajstić information content (AvgIpc) is 2.64. The largest absolute Gasteiger partial charge is 0.381 e. The summed E-state index contributed by atoms with van der Waals surface area (Å²) < 4.78 is 0. The van der Waals surface area contributed by atoms with Crippen LogP contribution < -0.4 is 5.32 Å². The molecule has 1 aromatic rings. The minimum Gasteiger partial charge on any atom is -0.381 e. The molecule has 0 spiro atoms. The van der Waals surface area contributed by atoms with Crippen LogP contribution in [-0.4, -0.2) is 36.0 Å². The molecule has 0 radical (unpaired) electrons. The van der Waals surface area contributed by atoms with E-state index in [1.54, 1.807) is 12.1 Å². The van der Waals surface area contributed by atoms with Gasteiger partial charge in [-0.2, -0.15) is 0 Å². The van der Waals surface area contributed by atoms with Crippen LogP contribution in [0, 0.1) is 10.1 Å². The van der Waals surface area contributed by atoms with Crippen molar-refractivity contribution >= 4 is 11.4 Å². The molecule has 16 heavy (non-hydrogen) atoms. The number of nitrogens with zero attached hydrogens (tertiary/aromatic N) is 2. The first-order valence-corrected chi connectivity index (χ1v) is 5.34. The van der Waals surface area contributed by atoms with E-state index in [-0.39, 0.29) is 10.6 Å². The number of nitrogens with one attached hydrogen (secondary N) is 1. The molecule has 5 heteroatoms. The van der Waals surface area contributed by atoms with E-state index in [1.807, 2.05) is 6.07 Å². The number of nitro benzene ring substituents is 1. The standard InChI is InChI=1S/C11H15N3O2/c1-13-6-5-10(8-13)12-9-3-2-4-11(7-9)14(15)16/h2-4,7,10,12H,5-6,8H2,1H3. The predicted octanol–water partition coefficient (Wildman–Crippen LogP) is 1.71. The lowest BCUT2D eigenvalue weighted by molar-refractivity contribution is -0.384. The van der Waals surface area contributed by atoms with Crippen LogP contribution in [0.3, 0.4) is 0 Å². The van der Waals surface area contributed by atoms with Gasteiger partial charge < -0.3 is 10.2 Å². The fourth-order valence-corrected chi connectivity index (χ4v) is 2.00. The Labute approximate surface area is 94.2 Å². The van der Waals surface area contributed by atoms with E-state index in [9.17, 15) is 10.1 Å². The Bertz CT molecular complexity index is 395. The zero-order valence-electron chi connectivity index (χ0n) is 9.22. The third-order valence-corrected chi connectivity index (χ3v) is 2.82. The Morgan fingerprint density at radius 2 is 2.38 bits per heavy atom. The topological polar surface area (TPSA) is 58.4 Å². The zero-order chi connectivity index (χ0) is 11.5. The van der Waals surface area contributed by atoms with Crippen molar-refractivity contribution in [3.63, 3.8) is 0 Å². The van der Waals surface area contributed by atoms with Gasteiger partial charge in [0.15, 0.2) is 0 Å². The van der Waals surface area contributed by atoms with Crippen LogP contribution in [0.2, 0.25) is 0 Å². The molecule has 1 aliphatic heterocycles. The number of likely N-dealkylation sites (tertiary alicyclic amines) is 1. The third-order valence-electron chi connectivity index (χ3n) is 2.82. The fraction of sp³-hybridized carbons (Fsp3) is 0.455. The number of likely N-dealkylation sites (N-methyl/N-ethyl adjacent to an activating group) is 1. The Kier molecular flexibility index (Phi) is 3.05. The Balaban J connectivity index is 2.04. The second-order valence-electron chi connectivity index (χ2n) is 4.20. The minimum atomic E-state index is -0.369. The lowest BCUT2D eigenvalue weighted by Gasteiger charge is -2.13. The molecule has 1 aliphatic rings. The quantitative estimate of drug-likeness (QED) is 0.623. The maximum atomic E-state index is 10.6. The molecule has 1 saturated heterocycles. The number of nitro groups is 1. The average molecular weight is 221 g/mol. The van der Waals surface area contributed by atoms with Crippen LogP contribution in [0.5, 0.6) is 0 Å². The molecule has 0 aliphatic carbocycles. The molecular weight excluding hydrogens is 206 g/mol. The molecule has 2 rings (SSSR count). The van der Waals surface area contributed by atoms with Gasteiger partial charge in [-0.15, -0.1) is 0 Å². The number of hydrogen-bond acceptors (Lipinski definition) is 4. The summed E-state index contributed by atoms with van der Waals surface area (Å²) in [5.74, 6) is 0. The molecule has 1 N–H and O–H groups in total. The zero-order valence-corrected chi connectivity index (χ0v) is 9.22. The minimum absolute atomic E-state index is 0.136. The number of benzene rings is 1. The van der Waals surface area contributed by atoms with Crippen molar-refractivity contribution < 1.29 is 4.92 Å². The van der Waals surface area contributed by atoms with Crippen molar-refractivity contribution in [3.05, 3.63) is 34.4 Å². The van der Waals surface area contributed by atoms with Gasteiger partial charge in [0, 0.05) is 30.4 Å². The van der Waals surface area contributed by atoms with Gasteiger partial charge in [0.2, 0.25) is 0 Å². The summed E-state index contributed by atoms with van der Waals surface area (Å²) >= 11 is 0. The monoisotopic (exact) mass is 221 g/mol. The predicted molar refractivity (Wildman–Crippen MR) is 62.6 cm³/mol. The van der Waals surface area contributed by atoms with Crippen LogP contribution >= 0.6 is 0 Å². The molecule has 1 unspecified atom stereocenters. The van der Waals surface area contributed by atoms with E-state index >= 15 is 0 Å². The molecule has 1 atom stereocenters. The number of hydrogen-bond donors (Lipinski definition) is 1. The summed E-state index contributed by atoms with van der Waals surface area (Å²) in [5, 5.41) is 13.9. The maximum absolute atomic E-state index is 10.6. The third kappa shape index (κ3) is 2.49. The number of non-ortho nitro benzene ring substituents is 1. The van der Waals surface area contributed by atoms with Gasteiger partial charge in [-0.05, 0) is 26.1 Å². The van der Waals surface area contributed by atoms with Crippen molar-refractivity contribution in [2.45, 2.75) is 12.5 Å². The van der Waals surface area contributed by atoms with E-state index in [0.29, 0.717) is 6.04 Å². The van der Waals surface area contributed by atoms with Crippen LogP contribution in [-0.2, 0) is 0 Å².